The molecule has 0 unspecified atom stereocenters. The van der Waals surface area contributed by atoms with Crippen molar-refractivity contribution in [3.8, 4) is 5.75 Å². The van der Waals surface area contributed by atoms with Gasteiger partial charge in [0, 0.05) is 5.56 Å². The fourth-order valence-corrected chi connectivity index (χ4v) is 1.10. The van der Waals surface area contributed by atoms with Gasteiger partial charge in [0.05, 0.1) is 6.61 Å². The molecule has 0 saturated carbocycles. The van der Waals surface area contributed by atoms with Crippen LogP contribution in [0.15, 0.2) is 12.1 Å². The fraction of sp³-hybridized carbons (Fsp3) is 0.364. The molecule has 0 saturated heterocycles. The molecule has 1 rings (SSSR count). The van der Waals surface area contributed by atoms with Crippen LogP contribution in [0.25, 0.3) is 0 Å². The Labute approximate surface area is 86.9 Å². The van der Waals surface area contributed by atoms with Gasteiger partial charge in [-0.25, -0.2) is 8.78 Å². The maximum atomic E-state index is 13.2. The van der Waals surface area contributed by atoms with Gasteiger partial charge in [-0.15, -0.1) is 0 Å². The van der Waals surface area contributed by atoms with E-state index in [1.165, 1.54) is 0 Å². The van der Waals surface area contributed by atoms with Crippen LogP contribution in [0.4, 0.5) is 8.78 Å². The molecule has 0 N–H and O–H groups in total. The molecule has 82 valence electrons. The number of carbonyl (C=O) groups excluding carboxylic acids is 1. The van der Waals surface area contributed by atoms with Crippen molar-refractivity contribution >= 4 is 6.29 Å². The topological polar surface area (TPSA) is 26.3 Å². The Bertz CT molecular complexity index is 327. The predicted molar refractivity (Wildman–Crippen MR) is 52.1 cm³/mol. The van der Waals surface area contributed by atoms with Gasteiger partial charge < -0.3 is 4.74 Å². The minimum absolute atomic E-state index is 0.0344. The zero-order valence-corrected chi connectivity index (χ0v) is 8.43. The number of hydrogen-bond donors (Lipinski definition) is 0. The Morgan fingerprint density at radius 2 is 1.93 bits per heavy atom. The van der Waals surface area contributed by atoms with E-state index in [2.05, 4.69) is 0 Å². The van der Waals surface area contributed by atoms with Gasteiger partial charge in [-0.3, -0.25) is 4.79 Å². The van der Waals surface area contributed by atoms with Gasteiger partial charge in [0.25, 0.3) is 0 Å². The molecule has 0 aliphatic carbocycles. The third kappa shape index (κ3) is 3.01. The third-order valence-electron chi connectivity index (χ3n) is 1.90. The van der Waals surface area contributed by atoms with Crippen LogP contribution in [-0.2, 0) is 0 Å². The molecular weight excluding hydrogens is 202 g/mol. The predicted octanol–water partition coefficient (Wildman–Crippen LogP) is 2.96. The van der Waals surface area contributed by atoms with Crippen LogP contribution in [0.2, 0.25) is 0 Å². The number of halogens is 2. The molecule has 0 atom stereocenters. The standard InChI is InChI=1S/C11H12F2O2/c1-2-3-4-15-11-9(12)5-8(7-14)6-10(11)13/h5-7H,2-4H2,1H3. The molecule has 0 amide bonds. The van der Waals surface area contributed by atoms with Gasteiger partial charge in [0.15, 0.2) is 17.4 Å². The van der Waals surface area contributed by atoms with E-state index in [0.717, 1.165) is 25.0 Å². The van der Waals surface area contributed by atoms with Crippen LogP contribution in [0.5, 0.6) is 5.75 Å². The maximum absolute atomic E-state index is 13.2. The minimum atomic E-state index is -0.840. The van der Waals surface area contributed by atoms with Crippen LogP contribution >= 0.6 is 0 Å². The summed E-state index contributed by atoms with van der Waals surface area (Å²) in [5, 5.41) is 0. The minimum Gasteiger partial charge on any atom is -0.488 e. The number of hydrogen-bond acceptors (Lipinski definition) is 2. The van der Waals surface area contributed by atoms with Gasteiger partial charge in [-0.05, 0) is 18.6 Å². The molecule has 4 heteroatoms. The zero-order valence-electron chi connectivity index (χ0n) is 8.43. The number of aldehydes is 1. The highest BCUT2D eigenvalue weighted by Crippen LogP contribution is 2.22. The van der Waals surface area contributed by atoms with Crippen molar-refractivity contribution in [3.63, 3.8) is 0 Å². The zero-order chi connectivity index (χ0) is 11.3. The third-order valence-corrected chi connectivity index (χ3v) is 1.90. The second-order valence-electron chi connectivity index (χ2n) is 3.13. The molecular formula is C11H12F2O2. The first-order valence-corrected chi connectivity index (χ1v) is 4.76. The average molecular weight is 214 g/mol. The molecule has 0 aliphatic rings. The summed E-state index contributed by atoms with van der Waals surface area (Å²) in [5.74, 6) is -2.09. The van der Waals surface area contributed by atoms with E-state index in [1.54, 1.807) is 0 Å². The highest BCUT2D eigenvalue weighted by Gasteiger charge is 2.11. The lowest BCUT2D eigenvalue weighted by Crippen LogP contribution is -2.02. The lowest BCUT2D eigenvalue weighted by molar-refractivity contribution is 0.112. The molecule has 1 aromatic carbocycles. The largest absolute Gasteiger partial charge is 0.488 e. The van der Waals surface area contributed by atoms with Crippen LogP contribution in [0.1, 0.15) is 30.1 Å². The smallest absolute Gasteiger partial charge is 0.190 e. The molecule has 0 spiro atoms. The van der Waals surface area contributed by atoms with Crippen LogP contribution in [0, 0.1) is 11.6 Å². The highest BCUT2D eigenvalue weighted by atomic mass is 19.1. The van der Waals surface area contributed by atoms with E-state index in [0.29, 0.717) is 6.29 Å². The number of benzene rings is 1. The highest BCUT2D eigenvalue weighted by molar-refractivity contribution is 5.75. The van der Waals surface area contributed by atoms with E-state index in [-0.39, 0.29) is 12.2 Å². The van der Waals surface area contributed by atoms with Crippen molar-refractivity contribution in [2.24, 2.45) is 0 Å². The summed E-state index contributed by atoms with van der Waals surface area (Å²) in [6.07, 6.45) is 2.01. The van der Waals surface area contributed by atoms with Gasteiger partial charge in [0.2, 0.25) is 0 Å². The monoisotopic (exact) mass is 214 g/mol. The van der Waals surface area contributed by atoms with Gasteiger partial charge in [0.1, 0.15) is 6.29 Å². The second kappa shape index (κ2) is 5.44. The first-order valence-electron chi connectivity index (χ1n) is 4.76. The fourth-order valence-electron chi connectivity index (χ4n) is 1.10. The van der Waals surface area contributed by atoms with Crippen LogP contribution in [-0.4, -0.2) is 12.9 Å². The van der Waals surface area contributed by atoms with Crippen molar-refractivity contribution in [1.29, 1.82) is 0 Å². The van der Waals surface area contributed by atoms with Crippen molar-refractivity contribution in [2.45, 2.75) is 19.8 Å². The maximum Gasteiger partial charge on any atom is 0.190 e. The van der Waals surface area contributed by atoms with E-state index < -0.39 is 17.4 Å². The van der Waals surface area contributed by atoms with Gasteiger partial charge in [-0.2, -0.15) is 0 Å². The number of rotatable bonds is 5. The lowest BCUT2D eigenvalue weighted by atomic mass is 10.2. The summed E-state index contributed by atoms with van der Waals surface area (Å²) in [6, 6.07) is 1.91. The van der Waals surface area contributed by atoms with Crippen LogP contribution < -0.4 is 4.74 Å². The molecule has 0 aromatic heterocycles. The number of ether oxygens (including phenoxy) is 1. The summed E-state index contributed by atoms with van der Waals surface area (Å²) in [7, 11) is 0. The second-order valence-corrected chi connectivity index (χ2v) is 3.13. The molecule has 1 aromatic rings. The van der Waals surface area contributed by atoms with Gasteiger partial charge in [-0.1, -0.05) is 13.3 Å². The summed E-state index contributed by atoms with van der Waals surface area (Å²) in [5.41, 5.74) is -0.0344. The van der Waals surface area contributed by atoms with E-state index in [4.69, 9.17) is 4.74 Å². The Morgan fingerprint density at radius 1 is 1.33 bits per heavy atom. The van der Waals surface area contributed by atoms with Crippen molar-refractivity contribution < 1.29 is 18.3 Å². The summed E-state index contributed by atoms with van der Waals surface area (Å²) in [4.78, 5) is 10.3. The summed E-state index contributed by atoms with van der Waals surface area (Å²) in [6.45, 7) is 2.22. The Hall–Kier alpha value is -1.45. The molecule has 0 radical (unpaired) electrons. The van der Waals surface area contributed by atoms with E-state index in [9.17, 15) is 13.6 Å². The lowest BCUT2D eigenvalue weighted by Gasteiger charge is -2.07. The Balaban J connectivity index is 2.83. The molecule has 15 heavy (non-hydrogen) atoms. The number of carbonyl (C=O) groups is 1. The van der Waals surface area contributed by atoms with Crippen molar-refractivity contribution in [2.75, 3.05) is 6.61 Å². The molecule has 0 fully saturated rings. The average Bonchev–Trinajstić information content (AvgIpc) is 2.22. The molecule has 0 bridgehead atoms. The summed E-state index contributed by atoms with van der Waals surface area (Å²) < 4.78 is 31.3. The first kappa shape index (κ1) is 11.6. The Kier molecular flexibility index (Phi) is 4.21. The van der Waals surface area contributed by atoms with E-state index >= 15 is 0 Å². The van der Waals surface area contributed by atoms with E-state index in [1.807, 2.05) is 6.92 Å². The molecule has 2 nitrogen and oxygen atoms in total. The SMILES string of the molecule is CCCCOc1c(F)cc(C=O)cc1F. The normalized spacial score (nSPS) is 10.1. The summed E-state index contributed by atoms with van der Waals surface area (Å²) >= 11 is 0. The van der Waals surface area contributed by atoms with Gasteiger partial charge >= 0.3 is 0 Å². The first-order chi connectivity index (χ1) is 7.19. The number of unbranched alkanes of at least 4 members (excludes halogenated alkanes) is 1. The molecule has 0 heterocycles. The van der Waals surface area contributed by atoms with Crippen molar-refractivity contribution in [3.05, 3.63) is 29.3 Å². The van der Waals surface area contributed by atoms with Crippen molar-refractivity contribution in [1.82, 2.24) is 0 Å². The quantitative estimate of drug-likeness (QED) is 0.556. The van der Waals surface area contributed by atoms with Crippen LogP contribution in [0.3, 0.4) is 0 Å². The molecule has 0 aliphatic heterocycles. The Morgan fingerprint density at radius 3 is 2.40 bits per heavy atom.